The van der Waals surface area contributed by atoms with Gasteiger partial charge in [0.15, 0.2) is 5.11 Å². The molecule has 0 radical (unpaired) electrons. The van der Waals surface area contributed by atoms with E-state index in [2.05, 4.69) is 15.7 Å². The fraction of sp³-hybridized carbons (Fsp3) is 0.600. The van der Waals surface area contributed by atoms with Crippen LogP contribution in [0.5, 0.6) is 0 Å². The quantitative estimate of drug-likeness (QED) is 0.735. The van der Waals surface area contributed by atoms with Gasteiger partial charge in [-0.25, -0.2) is 0 Å². The van der Waals surface area contributed by atoms with Crippen LogP contribution in [0.15, 0.2) is 12.4 Å². The molecule has 0 aromatic carbocycles. The highest BCUT2D eigenvalue weighted by Crippen LogP contribution is 2.18. The van der Waals surface area contributed by atoms with Gasteiger partial charge in [0.25, 0.3) is 0 Å². The second kappa shape index (κ2) is 4.61. The number of aryl methyl sites for hydroxylation is 1. The first-order valence-electron chi connectivity index (χ1n) is 5.26. The van der Waals surface area contributed by atoms with Crippen molar-refractivity contribution in [2.45, 2.75) is 25.3 Å². The van der Waals surface area contributed by atoms with Crippen molar-refractivity contribution in [3.63, 3.8) is 0 Å². The summed E-state index contributed by atoms with van der Waals surface area (Å²) in [6.07, 6.45) is 7.38. The molecule has 0 spiro atoms. The summed E-state index contributed by atoms with van der Waals surface area (Å²) >= 11 is 5.15. The first kappa shape index (κ1) is 10.4. The van der Waals surface area contributed by atoms with Crippen LogP contribution >= 0.6 is 12.2 Å². The molecule has 0 bridgehead atoms. The molecule has 0 atom stereocenters. The Morgan fingerprint density at radius 3 is 3.07 bits per heavy atom. The molecule has 4 nitrogen and oxygen atoms in total. The Morgan fingerprint density at radius 2 is 2.47 bits per heavy atom. The monoisotopic (exact) mass is 224 g/mol. The molecule has 2 N–H and O–H groups in total. The molecule has 82 valence electrons. The maximum Gasteiger partial charge on any atom is 0.166 e. The van der Waals surface area contributed by atoms with E-state index < -0.39 is 0 Å². The zero-order chi connectivity index (χ0) is 10.7. The molecule has 1 aromatic heterocycles. The fourth-order valence-corrected chi connectivity index (χ4v) is 1.65. The Bertz CT molecular complexity index is 343. The van der Waals surface area contributed by atoms with Gasteiger partial charge in [0.1, 0.15) is 0 Å². The van der Waals surface area contributed by atoms with Gasteiger partial charge < -0.3 is 10.6 Å². The van der Waals surface area contributed by atoms with Gasteiger partial charge in [0.05, 0.1) is 6.20 Å². The zero-order valence-electron chi connectivity index (χ0n) is 8.86. The number of thiocarbonyl (C=S) groups is 1. The van der Waals surface area contributed by atoms with Crippen LogP contribution in [0.1, 0.15) is 18.4 Å². The van der Waals surface area contributed by atoms with Gasteiger partial charge in [-0.2, -0.15) is 5.10 Å². The molecule has 1 aliphatic carbocycles. The average Bonchev–Trinajstić information content (AvgIpc) is 2.89. The highest BCUT2D eigenvalue weighted by molar-refractivity contribution is 7.80. The van der Waals surface area contributed by atoms with Crippen LogP contribution in [0.25, 0.3) is 0 Å². The number of hydrogen-bond donors (Lipinski definition) is 2. The van der Waals surface area contributed by atoms with E-state index in [4.69, 9.17) is 12.2 Å². The van der Waals surface area contributed by atoms with E-state index >= 15 is 0 Å². The second-order valence-corrected chi connectivity index (χ2v) is 4.36. The van der Waals surface area contributed by atoms with Gasteiger partial charge in [0.2, 0.25) is 0 Å². The van der Waals surface area contributed by atoms with E-state index in [0.29, 0.717) is 6.04 Å². The maximum atomic E-state index is 5.15. The van der Waals surface area contributed by atoms with Crippen LogP contribution in [0.3, 0.4) is 0 Å². The van der Waals surface area contributed by atoms with Gasteiger partial charge >= 0.3 is 0 Å². The lowest BCUT2D eigenvalue weighted by molar-refractivity contribution is 0.765. The summed E-state index contributed by atoms with van der Waals surface area (Å²) in [6.45, 7) is 0.865. The van der Waals surface area contributed by atoms with Crippen molar-refractivity contribution in [1.29, 1.82) is 0 Å². The minimum absolute atomic E-state index is 0.628. The minimum atomic E-state index is 0.628. The molecular weight excluding hydrogens is 208 g/mol. The van der Waals surface area contributed by atoms with Crippen LogP contribution < -0.4 is 10.6 Å². The van der Waals surface area contributed by atoms with Gasteiger partial charge in [-0.15, -0.1) is 0 Å². The minimum Gasteiger partial charge on any atom is -0.362 e. The Balaban J connectivity index is 1.63. The van der Waals surface area contributed by atoms with Crippen molar-refractivity contribution >= 4 is 17.3 Å². The van der Waals surface area contributed by atoms with Crippen LogP contribution in [0.2, 0.25) is 0 Å². The lowest BCUT2D eigenvalue weighted by atomic mass is 10.2. The summed E-state index contributed by atoms with van der Waals surface area (Å²) in [5.41, 5.74) is 1.24. The van der Waals surface area contributed by atoms with Crippen molar-refractivity contribution in [2.75, 3.05) is 6.54 Å². The standard InChI is InChI=1S/C10H16N4S/c1-14-7-8(6-12-14)4-5-11-10(15)13-9-2-3-9/h6-7,9H,2-5H2,1H3,(H2,11,13,15). The van der Waals surface area contributed by atoms with Crippen molar-refractivity contribution in [3.05, 3.63) is 18.0 Å². The van der Waals surface area contributed by atoms with Crippen molar-refractivity contribution < 1.29 is 0 Å². The van der Waals surface area contributed by atoms with Crippen molar-refractivity contribution in [2.24, 2.45) is 7.05 Å². The summed E-state index contributed by atoms with van der Waals surface area (Å²) in [6, 6.07) is 0.628. The number of nitrogens with zero attached hydrogens (tertiary/aromatic N) is 2. The van der Waals surface area contributed by atoms with E-state index in [1.54, 1.807) is 0 Å². The third-order valence-electron chi connectivity index (χ3n) is 2.37. The first-order chi connectivity index (χ1) is 7.24. The zero-order valence-corrected chi connectivity index (χ0v) is 9.68. The van der Waals surface area contributed by atoms with Crippen LogP contribution in [-0.2, 0) is 13.5 Å². The third kappa shape index (κ3) is 3.51. The largest absolute Gasteiger partial charge is 0.362 e. The summed E-state index contributed by atoms with van der Waals surface area (Å²) in [4.78, 5) is 0. The molecule has 0 amide bonds. The fourth-order valence-electron chi connectivity index (χ4n) is 1.39. The predicted octanol–water partition coefficient (Wildman–Crippen LogP) is 0.589. The highest BCUT2D eigenvalue weighted by atomic mass is 32.1. The molecule has 1 heterocycles. The SMILES string of the molecule is Cn1cc(CCNC(=S)NC2CC2)cn1. The molecule has 1 fully saturated rings. The predicted molar refractivity (Wildman–Crippen MR) is 63.7 cm³/mol. The highest BCUT2D eigenvalue weighted by Gasteiger charge is 2.21. The summed E-state index contributed by atoms with van der Waals surface area (Å²) in [5, 5.41) is 11.3. The Hall–Kier alpha value is -1.10. The van der Waals surface area contributed by atoms with E-state index in [1.165, 1.54) is 18.4 Å². The number of hydrogen-bond acceptors (Lipinski definition) is 2. The molecule has 0 aliphatic heterocycles. The maximum absolute atomic E-state index is 5.15. The summed E-state index contributed by atoms with van der Waals surface area (Å²) < 4.78 is 1.82. The Morgan fingerprint density at radius 1 is 1.67 bits per heavy atom. The summed E-state index contributed by atoms with van der Waals surface area (Å²) in [5.74, 6) is 0. The average molecular weight is 224 g/mol. The second-order valence-electron chi connectivity index (χ2n) is 3.95. The van der Waals surface area contributed by atoms with Crippen LogP contribution in [0.4, 0.5) is 0 Å². The molecule has 1 aromatic rings. The molecule has 2 rings (SSSR count). The molecule has 5 heteroatoms. The van der Waals surface area contributed by atoms with E-state index in [1.807, 2.05) is 24.1 Å². The van der Waals surface area contributed by atoms with E-state index in [9.17, 15) is 0 Å². The molecule has 15 heavy (non-hydrogen) atoms. The van der Waals surface area contributed by atoms with E-state index in [-0.39, 0.29) is 0 Å². The normalized spacial score (nSPS) is 15.0. The van der Waals surface area contributed by atoms with Crippen LogP contribution in [-0.4, -0.2) is 27.5 Å². The Labute approximate surface area is 95.0 Å². The number of aromatic nitrogens is 2. The lowest BCUT2D eigenvalue weighted by Gasteiger charge is -2.08. The van der Waals surface area contributed by atoms with Crippen molar-refractivity contribution in [3.8, 4) is 0 Å². The van der Waals surface area contributed by atoms with Gasteiger partial charge in [0, 0.05) is 25.8 Å². The van der Waals surface area contributed by atoms with Gasteiger partial charge in [-0.3, -0.25) is 4.68 Å². The third-order valence-corrected chi connectivity index (χ3v) is 2.63. The smallest absolute Gasteiger partial charge is 0.166 e. The van der Waals surface area contributed by atoms with Gasteiger partial charge in [-0.05, 0) is 37.0 Å². The van der Waals surface area contributed by atoms with Crippen molar-refractivity contribution in [1.82, 2.24) is 20.4 Å². The van der Waals surface area contributed by atoms with E-state index in [0.717, 1.165) is 18.1 Å². The topological polar surface area (TPSA) is 41.9 Å². The molecule has 0 unspecified atom stereocenters. The summed E-state index contributed by atoms with van der Waals surface area (Å²) in [7, 11) is 1.93. The molecule has 0 saturated heterocycles. The molecular formula is C10H16N4S. The van der Waals surface area contributed by atoms with Gasteiger partial charge in [-0.1, -0.05) is 0 Å². The lowest BCUT2D eigenvalue weighted by Crippen LogP contribution is -2.37. The van der Waals surface area contributed by atoms with Crippen LogP contribution in [0, 0.1) is 0 Å². The number of rotatable bonds is 4. The first-order valence-corrected chi connectivity index (χ1v) is 5.67. The Kier molecular flexibility index (Phi) is 3.20. The molecule has 1 aliphatic rings. The molecule has 1 saturated carbocycles. The number of nitrogens with one attached hydrogen (secondary N) is 2.